The summed E-state index contributed by atoms with van der Waals surface area (Å²) in [4.78, 5) is 54.3. The molecule has 0 bridgehead atoms. The molecule has 0 radical (unpaired) electrons. The van der Waals surface area contributed by atoms with Crippen LogP contribution in [0.25, 0.3) is 0 Å². The van der Waals surface area contributed by atoms with Crippen LogP contribution >= 0.6 is 23.2 Å². The van der Waals surface area contributed by atoms with E-state index in [1.54, 1.807) is 0 Å². The molecule has 1 fully saturated rings. The summed E-state index contributed by atoms with van der Waals surface area (Å²) in [6, 6.07) is 9.52. The number of nitrogens with zero attached hydrogens (tertiary/aromatic N) is 2. The van der Waals surface area contributed by atoms with Gasteiger partial charge in [-0.2, -0.15) is 5.01 Å². The average Bonchev–Trinajstić information content (AvgIpc) is 3.08. The van der Waals surface area contributed by atoms with Gasteiger partial charge in [-0.25, -0.2) is 9.40 Å². The molecular weight excluding hydrogens is 494 g/mol. The monoisotopic (exact) mass is 516 g/mol. The summed E-state index contributed by atoms with van der Waals surface area (Å²) in [6.45, 7) is 1.89. The molecule has 2 aliphatic rings. The highest BCUT2D eigenvalue weighted by molar-refractivity contribution is 6.30. The zero-order chi connectivity index (χ0) is 25.3. The van der Waals surface area contributed by atoms with Crippen molar-refractivity contribution in [2.75, 3.05) is 5.88 Å². The van der Waals surface area contributed by atoms with Crippen molar-refractivity contribution in [2.45, 2.75) is 32.2 Å². The van der Waals surface area contributed by atoms with Crippen LogP contribution in [0.1, 0.15) is 46.9 Å². The number of hydrogen-bond acceptors (Lipinski definition) is 4. The third-order valence-corrected chi connectivity index (χ3v) is 6.89. The molecule has 2 aromatic carbocycles. The molecule has 1 heterocycles. The van der Waals surface area contributed by atoms with Gasteiger partial charge in [0.2, 0.25) is 0 Å². The lowest BCUT2D eigenvalue weighted by Crippen LogP contribution is -2.57. The maximum atomic E-state index is 13.8. The Morgan fingerprint density at radius 3 is 2.26 bits per heavy atom. The molecule has 0 N–H and O–H groups in total. The summed E-state index contributed by atoms with van der Waals surface area (Å²) < 4.78 is 13.5. The number of hydrogen-bond donors (Lipinski definition) is 0. The van der Waals surface area contributed by atoms with Gasteiger partial charge in [-0.3, -0.25) is 19.2 Å². The van der Waals surface area contributed by atoms with E-state index in [1.807, 2.05) is 13.0 Å². The second-order valence-electron chi connectivity index (χ2n) is 8.71. The minimum absolute atomic E-state index is 0.0221. The van der Waals surface area contributed by atoms with Crippen molar-refractivity contribution >= 4 is 46.7 Å². The van der Waals surface area contributed by atoms with Crippen molar-refractivity contribution in [3.63, 3.8) is 0 Å². The molecule has 4 rings (SSSR count). The average molecular weight is 517 g/mol. The van der Waals surface area contributed by atoms with Crippen LogP contribution in [0.5, 0.6) is 0 Å². The van der Waals surface area contributed by atoms with Crippen molar-refractivity contribution in [3.05, 3.63) is 82.1 Å². The van der Waals surface area contributed by atoms with E-state index in [-0.39, 0.29) is 23.4 Å². The topological polar surface area (TPSA) is 74.8 Å². The number of allylic oxidation sites excluding steroid dienone is 2. The van der Waals surface area contributed by atoms with E-state index < -0.39 is 47.2 Å². The summed E-state index contributed by atoms with van der Waals surface area (Å²) in [6.07, 6.45) is 2.68. The summed E-state index contributed by atoms with van der Waals surface area (Å²) >= 11 is 12.0. The van der Waals surface area contributed by atoms with E-state index >= 15 is 0 Å². The molecule has 1 aliphatic carbocycles. The number of carbonyl (C=O) groups is 4. The van der Waals surface area contributed by atoms with Gasteiger partial charge in [0.25, 0.3) is 17.7 Å². The molecular formula is C26H23Cl2FN2O4. The predicted octanol–water partition coefficient (Wildman–Crippen LogP) is 5.06. The quantitative estimate of drug-likeness (QED) is 0.223. The molecule has 35 heavy (non-hydrogen) atoms. The van der Waals surface area contributed by atoms with Gasteiger partial charge in [-0.1, -0.05) is 23.3 Å². The van der Waals surface area contributed by atoms with E-state index in [2.05, 4.69) is 0 Å². The van der Waals surface area contributed by atoms with E-state index in [0.717, 1.165) is 27.7 Å². The van der Waals surface area contributed by atoms with Crippen LogP contribution in [-0.2, 0) is 9.59 Å². The van der Waals surface area contributed by atoms with Crippen molar-refractivity contribution < 1.29 is 23.6 Å². The molecule has 182 valence electrons. The maximum absolute atomic E-state index is 13.8. The molecule has 0 spiro atoms. The molecule has 0 aromatic heterocycles. The van der Waals surface area contributed by atoms with Gasteiger partial charge >= 0.3 is 0 Å². The van der Waals surface area contributed by atoms with Crippen LogP contribution in [0.2, 0.25) is 5.02 Å². The van der Waals surface area contributed by atoms with Crippen LogP contribution in [0, 0.1) is 17.7 Å². The Morgan fingerprint density at radius 2 is 1.63 bits per heavy atom. The lowest BCUT2D eigenvalue weighted by molar-refractivity contribution is -0.156. The molecule has 0 unspecified atom stereocenters. The fourth-order valence-electron chi connectivity index (χ4n) is 4.60. The van der Waals surface area contributed by atoms with Crippen LogP contribution in [0.3, 0.4) is 0 Å². The first-order valence-corrected chi connectivity index (χ1v) is 12.1. The number of amides is 3. The Morgan fingerprint density at radius 1 is 1.03 bits per heavy atom. The highest BCUT2D eigenvalue weighted by Gasteiger charge is 2.53. The highest BCUT2D eigenvalue weighted by atomic mass is 35.5. The molecule has 9 heteroatoms. The molecule has 1 aliphatic heterocycles. The number of Topliss-reactive ketones (excluding diaryl/α,β-unsaturated/α-hetero) is 1. The van der Waals surface area contributed by atoms with E-state index in [0.29, 0.717) is 17.9 Å². The largest absolute Gasteiger partial charge is 0.292 e. The minimum Gasteiger partial charge on any atom is -0.292 e. The Bertz CT molecular complexity index is 1200. The van der Waals surface area contributed by atoms with Crippen LogP contribution < -0.4 is 0 Å². The number of hydrazine groups is 1. The first-order chi connectivity index (χ1) is 16.7. The minimum atomic E-state index is -1.26. The lowest BCUT2D eigenvalue weighted by atomic mass is 9.82. The van der Waals surface area contributed by atoms with Crippen LogP contribution in [0.4, 0.5) is 4.39 Å². The molecule has 3 amide bonds. The van der Waals surface area contributed by atoms with Crippen LogP contribution in [-0.4, -0.2) is 45.4 Å². The van der Waals surface area contributed by atoms with Crippen molar-refractivity contribution in [3.8, 4) is 0 Å². The van der Waals surface area contributed by atoms with E-state index in [9.17, 15) is 23.6 Å². The zero-order valence-electron chi connectivity index (χ0n) is 18.9. The summed E-state index contributed by atoms with van der Waals surface area (Å²) in [7, 11) is 0. The van der Waals surface area contributed by atoms with Crippen molar-refractivity contribution in [2.24, 2.45) is 11.8 Å². The van der Waals surface area contributed by atoms with E-state index in [1.165, 1.54) is 36.4 Å². The first-order valence-electron chi connectivity index (χ1n) is 11.2. The molecule has 2 aromatic rings. The molecule has 6 nitrogen and oxygen atoms in total. The van der Waals surface area contributed by atoms with Crippen LogP contribution in [0.15, 0.2) is 60.2 Å². The summed E-state index contributed by atoms with van der Waals surface area (Å²) in [5.74, 6) is -4.09. The standard InChI is InChI=1S/C26H23Cl2FN2O4/c1-15-2-11-20-21(14-15)26(35)31(25(20)34)30(24(33)17-3-7-18(28)8-4-17)22(12-13-27)23(32)16-5-9-19(29)10-6-16/h2-10,20-22H,11-14H2,1H3/t20-,21-,22-/m0/s1. The van der Waals surface area contributed by atoms with Gasteiger partial charge in [0.1, 0.15) is 11.9 Å². The lowest BCUT2D eigenvalue weighted by Gasteiger charge is -2.36. The summed E-state index contributed by atoms with van der Waals surface area (Å²) in [5.41, 5.74) is 1.26. The molecule has 3 atom stereocenters. The van der Waals surface area contributed by atoms with Gasteiger partial charge in [-0.15, -0.1) is 11.6 Å². The number of benzene rings is 2. The number of halogens is 3. The number of carbonyl (C=O) groups excluding carboxylic acids is 4. The summed E-state index contributed by atoms with van der Waals surface area (Å²) in [5, 5.41) is 2.17. The molecule has 0 saturated carbocycles. The molecule has 1 saturated heterocycles. The Kier molecular flexibility index (Phi) is 7.38. The predicted molar refractivity (Wildman–Crippen MR) is 129 cm³/mol. The second-order valence-corrected chi connectivity index (χ2v) is 9.53. The fourth-order valence-corrected chi connectivity index (χ4v) is 4.94. The van der Waals surface area contributed by atoms with E-state index in [4.69, 9.17) is 23.2 Å². The number of fused-ring (bicyclic) bond motifs is 1. The fraction of sp³-hybridized carbons (Fsp3) is 0.308. The number of rotatable bonds is 7. The number of alkyl halides is 1. The maximum Gasteiger partial charge on any atom is 0.273 e. The zero-order valence-corrected chi connectivity index (χ0v) is 20.4. The van der Waals surface area contributed by atoms with Gasteiger partial charge in [0, 0.05) is 22.0 Å². The Labute approximate surface area is 212 Å². The third-order valence-electron chi connectivity index (χ3n) is 6.42. The van der Waals surface area contributed by atoms with Gasteiger partial charge < -0.3 is 0 Å². The highest BCUT2D eigenvalue weighted by Crippen LogP contribution is 2.39. The van der Waals surface area contributed by atoms with Gasteiger partial charge in [-0.05, 0) is 74.7 Å². The Hall–Kier alpha value is -3.03. The van der Waals surface area contributed by atoms with Crippen molar-refractivity contribution in [1.82, 2.24) is 10.0 Å². The smallest absolute Gasteiger partial charge is 0.273 e. The first kappa shape index (κ1) is 25.1. The number of imide groups is 1. The van der Waals surface area contributed by atoms with Crippen molar-refractivity contribution in [1.29, 1.82) is 0 Å². The second kappa shape index (κ2) is 10.3. The van der Waals surface area contributed by atoms with Gasteiger partial charge in [0.05, 0.1) is 11.8 Å². The normalized spacial score (nSPS) is 20.3. The third kappa shape index (κ3) is 4.88. The van der Waals surface area contributed by atoms with Gasteiger partial charge in [0.15, 0.2) is 5.78 Å². The Balaban J connectivity index is 1.80. The SMILES string of the molecule is CC1=CC[C@@H]2C(=O)N(N(C(=O)c3ccc(Cl)cc3)[C@@H](CCCl)C(=O)c3ccc(F)cc3)C(=O)[C@H]2C1. The number of ketones is 1.